The Balaban J connectivity index is 0.00000243. The molecule has 0 atom stereocenters. The molecule has 3 rings (SSSR count). The number of piperidine rings is 1. The molecule has 4 heteroatoms. The monoisotopic (exact) mass is 375 g/mol. The maximum atomic E-state index is 6.19. The Kier molecular flexibility index (Phi) is 7.95. The quantitative estimate of drug-likeness (QED) is 0.758. The molecule has 0 amide bonds. The van der Waals surface area contributed by atoms with Gasteiger partial charge in [0.25, 0.3) is 0 Å². The van der Waals surface area contributed by atoms with Gasteiger partial charge in [-0.05, 0) is 63.0 Å². The summed E-state index contributed by atoms with van der Waals surface area (Å²) in [5.74, 6) is 0.913. The van der Waals surface area contributed by atoms with Gasteiger partial charge in [-0.3, -0.25) is 0 Å². The minimum absolute atomic E-state index is 0. The normalized spacial score (nSPS) is 16.1. The van der Waals surface area contributed by atoms with Gasteiger partial charge in [-0.15, -0.1) is 12.4 Å². The van der Waals surface area contributed by atoms with E-state index < -0.39 is 0 Å². The molecule has 2 aromatic carbocycles. The summed E-state index contributed by atoms with van der Waals surface area (Å²) in [5.41, 5.74) is 2.68. The highest BCUT2D eigenvalue weighted by Gasteiger charge is 2.34. The van der Waals surface area contributed by atoms with Crippen molar-refractivity contribution in [2.45, 2.75) is 44.8 Å². The molecule has 26 heavy (non-hydrogen) atoms. The molecule has 0 aliphatic carbocycles. The van der Waals surface area contributed by atoms with E-state index in [2.05, 4.69) is 47.8 Å². The van der Waals surface area contributed by atoms with Crippen LogP contribution in [0.15, 0.2) is 54.6 Å². The highest BCUT2D eigenvalue weighted by molar-refractivity contribution is 5.85. The molecule has 0 spiro atoms. The number of nitrogens with one attached hydrogen (secondary N) is 1. The first-order chi connectivity index (χ1) is 12.2. The molecule has 1 aliphatic heterocycles. The Morgan fingerprint density at radius 2 is 1.73 bits per heavy atom. The van der Waals surface area contributed by atoms with Crippen LogP contribution in [0.1, 0.15) is 37.8 Å². The Labute approximate surface area is 163 Å². The standard InChI is InChI=1S/C22H29NO2.ClH/c1-18(2)25-21-10-6-7-19(15-21)16-24-17-22(11-13-23-14-12-22)20-8-4-3-5-9-20;/h3-10,15,18,23H,11-14,16-17H2,1-2H3;1H. The van der Waals surface area contributed by atoms with E-state index in [9.17, 15) is 0 Å². The van der Waals surface area contributed by atoms with Crippen molar-refractivity contribution in [2.24, 2.45) is 0 Å². The van der Waals surface area contributed by atoms with Crippen LogP contribution in [0, 0.1) is 0 Å². The van der Waals surface area contributed by atoms with Gasteiger partial charge in [-0.1, -0.05) is 42.5 Å². The highest BCUT2D eigenvalue weighted by atomic mass is 35.5. The molecule has 1 saturated heterocycles. The number of rotatable bonds is 7. The van der Waals surface area contributed by atoms with Crippen molar-refractivity contribution in [2.75, 3.05) is 19.7 Å². The van der Waals surface area contributed by atoms with Crippen LogP contribution in [0.2, 0.25) is 0 Å². The summed E-state index contributed by atoms with van der Waals surface area (Å²) in [7, 11) is 0. The van der Waals surface area contributed by atoms with Gasteiger partial charge in [-0.25, -0.2) is 0 Å². The number of hydrogen-bond donors (Lipinski definition) is 1. The predicted molar refractivity (Wildman–Crippen MR) is 109 cm³/mol. The third kappa shape index (κ3) is 5.47. The molecule has 0 radical (unpaired) electrons. The third-order valence-corrected chi connectivity index (χ3v) is 4.86. The van der Waals surface area contributed by atoms with E-state index in [0.29, 0.717) is 6.61 Å². The lowest BCUT2D eigenvalue weighted by molar-refractivity contribution is 0.0564. The molecule has 0 aromatic heterocycles. The fourth-order valence-corrected chi connectivity index (χ4v) is 3.56. The molecule has 3 nitrogen and oxygen atoms in total. The summed E-state index contributed by atoms with van der Waals surface area (Å²) in [4.78, 5) is 0. The Hall–Kier alpha value is -1.55. The van der Waals surface area contributed by atoms with Gasteiger partial charge >= 0.3 is 0 Å². The third-order valence-electron chi connectivity index (χ3n) is 4.86. The zero-order valence-electron chi connectivity index (χ0n) is 15.7. The smallest absolute Gasteiger partial charge is 0.120 e. The van der Waals surface area contributed by atoms with E-state index >= 15 is 0 Å². The van der Waals surface area contributed by atoms with Gasteiger partial charge in [0.1, 0.15) is 5.75 Å². The van der Waals surface area contributed by atoms with Gasteiger partial charge in [0.2, 0.25) is 0 Å². The van der Waals surface area contributed by atoms with Crippen molar-refractivity contribution < 1.29 is 9.47 Å². The molecule has 0 unspecified atom stereocenters. The lowest BCUT2D eigenvalue weighted by atomic mass is 9.74. The summed E-state index contributed by atoms with van der Waals surface area (Å²) in [6.45, 7) is 7.57. The first-order valence-electron chi connectivity index (χ1n) is 9.28. The Morgan fingerprint density at radius 1 is 1.00 bits per heavy atom. The van der Waals surface area contributed by atoms with Crippen molar-refractivity contribution in [1.82, 2.24) is 5.32 Å². The molecule has 1 heterocycles. The van der Waals surface area contributed by atoms with E-state index in [1.165, 1.54) is 5.56 Å². The summed E-state index contributed by atoms with van der Waals surface area (Å²) in [6, 6.07) is 19.0. The second-order valence-corrected chi connectivity index (χ2v) is 7.20. The minimum atomic E-state index is 0. The average Bonchev–Trinajstić information content (AvgIpc) is 2.63. The van der Waals surface area contributed by atoms with Gasteiger partial charge < -0.3 is 14.8 Å². The van der Waals surface area contributed by atoms with Crippen molar-refractivity contribution in [3.8, 4) is 5.75 Å². The minimum Gasteiger partial charge on any atom is -0.491 e. The summed E-state index contributed by atoms with van der Waals surface area (Å²) in [5, 5.41) is 3.47. The van der Waals surface area contributed by atoms with Crippen LogP contribution >= 0.6 is 12.4 Å². The number of hydrogen-bond acceptors (Lipinski definition) is 3. The topological polar surface area (TPSA) is 30.5 Å². The zero-order valence-corrected chi connectivity index (χ0v) is 16.6. The molecule has 0 bridgehead atoms. The van der Waals surface area contributed by atoms with Crippen molar-refractivity contribution in [3.63, 3.8) is 0 Å². The van der Waals surface area contributed by atoms with E-state index in [-0.39, 0.29) is 23.9 Å². The molecular formula is C22H30ClNO2. The fourth-order valence-electron chi connectivity index (χ4n) is 3.56. The van der Waals surface area contributed by atoms with Gasteiger partial charge in [-0.2, -0.15) is 0 Å². The lowest BCUT2D eigenvalue weighted by Gasteiger charge is -2.38. The predicted octanol–water partition coefficient (Wildman–Crippen LogP) is 4.73. The largest absolute Gasteiger partial charge is 0.491 e. The van der Waals surface area contributed by atoms with E-state index in [0.717, 1.165) is 43.9 Å². The summed E-state index contributed by atoms with van der Waals surface area (Å²) in [6.07, 6.45) is 2.42. The molecule has 142 valence electrons. The first-order valence-corrected chi connectivity index (χ1v) is 9.28. The molecule has 0 saturated carbocycles. The maximum Gasteiger partial charge on any atom is 0.120 e. The molecule has 1 fully saturated rings. The molecule has 1 N–H and O–H groups in total. The second kappa shape index (κ2) is 9.96. The average molecular weight is 376 g/mol. The second-order valence-electron chi connectivity index (χ2n) is 7.20. The van der Waals surface area contributed by atoms with Crippen molar-refractivity contribution in [1.29, 1.82) is 0 Å². The summed E-state index contributed by atoms with van der Waals surface area (Å²) < 4.78 is 12.0. The van der Waals surface area contributed by atoms with Gasteiger partial charge in [0.15, 0.2) is 0 Å². The van der Waals surface area contributed by atoms with Crippen molar-refractivity contribution >= 4 is 12.4 Å². The van der Waals surface area contributed by atoms with Crippen LogP contribution in [0.5, 0.6) is 5.75 Å². The first kappa shape index (κ1) is 20.8. The van der Waals surface area contributed by atoms with Crippen molar-refractivity contribution in [3.05, 3.63) is 65.7 Å². The van der Waals surface area contributed by atoms with Crippen LogP contribution in [0.3, 0.4) is 0 Å². The van der Waals surface area contributed by atoms with Gasteiger partial charge in [0, 0.05) is 5.41 Å². The zero-order chi connectivity index (χ0) is 17.5. The Morgan fingerprint density at radius 3 is 2.42 bits per heavy atom. The van der Waals surface area contributed by atoms with Crippen LogP contribution in [0.4, 0.5) is 0 Å². The molecule has 1 aliphatic rings. The maximum absolute atomic E-state index is 6.19. The SMILES string of the molecule is CC(C)Oc1cccc(COCC2(c3ccccc3)CCNCC2)c1.Cl. The van der Waals surface area contributed by atoms with Crippen LogP contribution in [-0.4, -0.2) is 25.8 Å². The number of benzene rings is 2. The van der Waals surface area contributed by atoms with Gasteiger partial charge in [0.05, 0.1) is 19.3 Å². The van der Waals surface area contributed by atoms with E-state index in [1.807, 2.05) is 26.0 Å². The Bertz CT molecular complexity index is 654. The highest BCUT2D eigenvalue weighted by Crippen LogP contribution is 2.34. The fraction of sp³-hybridized carbons (Fsp3) is 0.455. The number of halogens is 1. The van der Waals surface area contributed by atoms with Crippen LogP contribution < -0.4 is 10.1 Å². The van der Waals surface area contributed by atoms with E-state index in [1.54, 1.807) is 0 Å². The lowest BCUT2D eigenvalue weighted by Crippen LogP contribution is -2.43. The van der Waals surface area contributed by atoms with Crippen LogP contribution in [0.25, 0.3) is 0 Å². The van der Waals surface area contributed by atoms with E-state index in [4.69, 9.17) is 9.47 Å². The molecular weight excluding hydrogens is 346 g/mol. The summed E-state index contributed by atoms with van der Waals surface area (Å²) >= 11 is 0. The molecule has 2 aromatic rings. The van der Waals surface area contributed by atoms with Crippen LogP contribution in [-0.2, 0) is 16.8 Å². The number of ether oxygens (including phenoxy) is 2.